The summed E-state index contributed by atoms with van der Waals surface area (Å²) in [6.07, 6.45) is 7.58. The number of nitrogens with zero attached hydrogens (tertiary/aromatic N) is 1. The highest BCUT2D eigenvalue weighted by atomic mass is 16.2. The van der Waals surface area contributed by atoms with Crippen LogP contribution in [-0.2, 0) is 4.79 Å². The number of nitrogens with one attached hydrogen (secondary N) is 1. The van der Waals surface area contributed by atoms with E-state index in [0.29, 0.717) is 23.9 Å². The minimum Gasteiger partial charge on any atom is -0.341 e. The van der Waals surface area contributed by atoms with Crippen LogP contribution in [-0.4, -0.2) is 36.0 Å². The normalized spacial score (nSPS) is 32.8. The van der Waals surface area contributed by atoms with Crippen LogP contribution in [0.3, 0.4) is 0 Å². The minimum absolute atomic E-state index is 0.0607. The van der Waals surface area contributed by atoms with E-state index in [4.69, 9.17) is 0 Å². The van der Waals surface area contributed by atoms with Gasteiger partial charge in [-0.3, -0.25) is 4.79 Å². The average molecular weight is 266 g/mol. The van der Waals surface area contributed by atoms with Gasteiger partial charge in [-0.2, -0.15) is 0 Å². The number of piperidine rings is 1. The Kier molecular flexibility index (Phi) is 4.88. The number of carbonyl (C=O) groups excluding carboxylic acids is 1. The molecule has 2 rings (SSSR count). The molecule has 4 atom stereocenters. The molecule has 1 aliphatic carbocycles. The maximum absolute atomic E-state index is 12.6. The fourth-order valence-electron chi connectivity index (χ4n) is 3.58. The van der Waals surface area contributed by atoms with Crippen LogP contribution in [0.5, 0.6) is 0 Å². The maximum Gasteiger partial charge on any atom is 0.239 e. The van der Waals surface area contributed by atoms with Crippen molar-refractivity contribution in [1.82, 2.24) is 10.2 Å². The van der Waals surface area contributed by atoms with Gasteiger partial charge in [-0.25, -0.2) is 0 Å². The molecule has 110 valence electrons. The Labute approximate surface area is 118 Å². The molecule has 1 N–H and O–H groups in total. The zero-order valence-corrected chi connectivity index (χ0v) is 13.0. The van der Waals surface area contributed by atoms with Crippen LogP contribution in [0.2, 0.25) is 0 Å². The summed E-state index contributed by atoms with van der Waals surface area (Å²) in [6, 6.07) is 0.975. The molecule has 0 bridgehead atoms. The topological polar surface area (TPSA) is 32.3 Å². The maximum atomic E-state index is 12.6. The second-order valence-electron chi connectivity index (χ2n) is 6.88. The summed E-state index contributed by atoms with van der Waals surface area (Å²) >= 11 is 0. The lowest BCUT2D eigenvalue weighted by Crippen LogP contribution is -2.56. The van der Waals surface area contributed by atoms with Gasteiger partial charge >= 0.3 is 0 Å². The van der Waals surface area contributed by atoms with E-state index in [1.807, 2.05) is 11.9 Å². The van der Waals surface area contributed by atoms with E-state index < -0.39 is 0 Å². The fraction of sp³-hybridized carbons (Fsp3) is 0.938. The predicted octanol–water partition coefficient (Wildman–Crippen LogP) is 2.80. The molecule has 4 unspecified atom stereocenters. The Balaban J connectivity index is 1.93. The SMILES string of the molecule is CC(C)C(C)N(C)C(=O)C1CCC2CCCCC2N1. The zero-order chi connectivity index (χ0) is 14.0. The highest BCUT2D eigenvalue weighted by Gasteiger charge is 2.36. The molecule has 3 heteroatoms. The van der Waals surface area contributed by atoms with Gasteiger partial charge in [-0.15, -0.1) is 0 Å². The average Bonchev–Trinajstić information content (AvgIpc) is 2.44. The molecule has 1 saturated heterocycles. The van der Waals surface area contributed by atoms with E-state index in [2.05, 4.69) is 26.1 Å². The Morgan fingerprint density at radius 1 is 1.11 bits per heavy atom. The molecule has 2 aliphatic rings. The van der Waals surface area contributed by atoms with E-state index >= 15 is 0 Å². The molecule has 3 nitrogen and oxygen atoms in total. The minimum atomic E-state index is 0.0607. The van der Waals surface area contributed by atoms with Crippen LogP contribution in [0, 0.1) is 11.8 Å². The van der Waals surface area contributed by atoms with Crippen LogP contribution in [0.1, 0.15) is 59.3 Å². The van der Waals surface area contributed by atoms with Gasteiger partial charge in [0.2, 0.25) is 5.91 Å². The Bertz CT molecular complexity index is 316. The molecule has 2 fully saturated rings. The van der Waals surface area contributed by atoms with Crippen LogP contribution in [0.4, 0.5) is 0 Å². The summed E-state index contributed by atoms with van der Waals surface area (Å²) in [5.74, 6) is 1.64. The first-order valence-corrected chi connectivity index (χ1v) is 8.03. The third-order valence-electron chi connectivity index (χ3n) is 5.37. The van der Waals surface area contributed by atoms with Crippen LogP contribution in [0.15, 0.2) is 0 Å². The van der Waals surface area contributed by atoms with E-state index in [1.165, 1.54) is 32.1 Å². The third kappa shape index (κ3) is 3.31. The van der Waals surface area contributed by atoms with Crippen LogP contribution in [0.25, 0.3) is 0 Å². The van der Waals surface area contributed by atoms with Gasteiger partial charge in [0.05, 0.1) is 6.04 Å². The molecular formula is C16H30N2O. The summed E-state index contributed by atoms with van der Waals surface area (Å²) in [6.45, 7) is 6.51. The molecule has 1 saturated carbocycles. The van der Waals surface area contributed by atoms with E-state index in [0.717, 1.165) is 12.3 Å². The van der Waals surface area contributed by atoms with E-state index in [9.17, 15) is 4.79 Å². The number of carbonyl (C=O) groups is 1. The van der Waals surface area contributed by atoms with E-state index in [-0.39, 0.29) is 6.04 Å². The van der Waals surface area contributed by atoms with Crippen LogP contribution >= 0.6 is 0 Å². The van der Waals surface area contributed by atoms with Gasteiger partial charge < -0.3 is 10.2 Å². The Morgan fingerprint density at radius 3 is 2.47 bits per heavy atom. The number of rotatable bonds is 3. The first kappa shape index (κ1) is 14.8. The van der Waals surface area contributed by atoms with Crippen LogP contribution < -0.4 is 5.32 Å². The number of hydrogen-bond donors (Lipinski definition) is 1. The summed E-state index contributed by atoms with van der Waals surface area (Å²) in [5.41, 5.74) is 0. The predicted molar refractivity (Wildman–Crippen MR) is 79.0 cm³/mol. The molecule has 1 heterocycles. The lowest BCUT2D eigenvalue weighted by molar-refractivity contribution is -0.136. The molecule has 0 aromatic rings. The molecular weight excluding hydrogens is 236 g/mol. The van der Waals surface area contributed by atoms with Crippen molar-refractivity contribution in [3.63, 3.8) is 0 Å². The van der Waals surface area contributed by atoms with Crippen molar-refractivity contribution in [2.75, 3.05) is 7.05 Å². The van der Waals surface area contributed by atoms with Crippen molar-refractivity contribution in [1.29, 1.82) is 0 Å². The van der Waals surface area contributed by atoms with Crippen molar-refractivity contribution in [3.8, 4) is 0 Å². The molecule has 1 aliphatic heterocycles. The van der Waals surface area contributed by atoms with Crippen molar-refractivity contribution in [2.24, 2.45) is 11.8 Å². The second kappa shape index (κ2) is 6.25. The number of hydrogen-bond acceptors (Lipinski definition) is 2. The summed E-state index contributed by atoms with van der Waals surface area (Å²) < 4.78 is 0. The smallest absolute Gasteiger partial charge is 0.239 e. The quantitative estimate of drug-likeness (QED) is 0.852. The first-order valence-electron chi connectivity index (χ1n) is 8.03. The molecule has 19 heavy (non-hydrogen) atoms. The summed E-state index contributed by atoms with van der Waals surface area (Å²) in [4.78, 5) is 14.5. The highest BCUT2D eigenvalue weighted by molar-refractivity contribution is 5.82. The fourth-order valence-corrected chi connectivity index (χ4v) is 3.58. The van der Waals surface area contributed by atoms with Crippen molar-refractivity contribution in [3.05, 3.63) is 0 Å². The van der Waals surface area contributed by atoms with Gasteiger partial charge in [0, 0.05) is 19.1 Å². The Hall–Kier alpha value is -0.570. The first-order chi connectivity index (χ1) is 9.00. The van der Waals surface area contributed by atoms with Crippen molar-refractivity contribution in [2.45, 2.75) is 77.4 Å². The van der Waals surface area contributed by atoms with E-state index in [1.54, 1.807) is 0 Å². The molecule has 0 radical (unpaired) electrons. The van der Waals surface area contributed by atoms with Gasteiger partial charge in [-0.05, 0) is 44.4 Å². The van der Waals surface area contributed by atoms with Gasteiger partial charge in [-0.1, -0.05) is 26.7 Å². The second-order valence-corrected chi connectivity index (χ2v) is 6.88. The van der Waals surface area contributed by atoms with Gasteiger partial charge in [0.15, 0.2) is 0 Å². The number of fused-ring (bicyclic) bond motifs is 1. The largest absolute Gasteiger partial charge is 0.341 e. The van der Waals surface area contributed by atoms with Gasteiger partial charge in [0.25, 0.3) is 0 Å². The van der Waals surface area contributed by atoms with Crippen molar-refractivity contribution < 1.29 is 4.79 Å². The Morgan fingerprint density at radius 2 is 1.79 bits per heavy atom. The monoisotopic (exact) mass is 266 g/mol. The summed E-state index contributed by atoms with van der Waals surface area (Å²) in [7, 11) is 1.96. The third-order valence-corrected chi connectivity index (χ3v) is 5.37. The lowest BCUT2D eigenvalue weighted by atomic mass is 9.77. The number of amides is 1. The summed E-state index contributed by atoms with van der Waals surface area (Å²) in [5, 5.41) is 3.64. The number of likely N-dealkylation sites (N-methyl/N-ethyl adjacent to an activating group) is 1. The molecule has 1 amide bonds. The highest BCUT2D eigenvalue weighted by Crippen LogP contribution is 2.32. The van der Waals surface area contributed by atoms with Crippen molar-refractivity contribution >= 4 is 5.91 Å². The molecule has 0 aromatic heterocycles. The molecule has 0 spiro atoms. The van der Waals surface area contributed by atoms with Gasteiger partial charge in [0.1, 0.15) is 0 Å². The molecule has 0 aromatic carbocycles. The standard InChI is InChI=1S/C16H30N2O/c1-11(2)12(3)18(4)16(19)15-10-9-13-7-5-6-8-14(13)17-15/h11-15,17H,5-10H2,1-4H3. The zero-order valence-electron chi connectivity index (χ0n) is 13.0. The lowest BCUT2D eigenvalue weighted by Gasteiger charge is -2.41.